The highest BCUT2D eigenvalue weighted by Crippen LogP contribution is 2.29. The number of hydrogen-bond acceptors (Lipinski definition) is 4. The number of para-hydroxylation sites is 1. The highest BCUT2D eigenvalue weighted by molar-refractivity contribution is 5.39. The van der Waals surface area contributed by atoms with Gasteiger partial charge in [-0.1, -0.05) is 57.0 Å². The third-order valence-corrected chi connectivity index (χ3v) is 5.99. The van der Waals surface area contributed by atoms with Gasteiger partial charge in [-0.15, -0.1) is 0 Å². The van der Waals surface area contributed by atoms with Gasteiger partial charge in [-0.2, -0.15) is 0 Å². The van der Waals surface area contributed by atoms with Crippen LogP contribution in [0.2, 0.25) is 0 Å². The zero-order chi connectivity index (χ0) is 23.3. The van der Waals surface area contributed by atoms with E-state index in [9.17, 15) is 0 Å². The van der Waals surface area contributed by atoms with Gasteiger partial charge < -0.3 is 18.9 Å². The van der Waals surface area contributed by atoms with Crippen LogP contribution in [0.5, 0.6) is 11.5 Å². The van der Waals surface area contributed by atoms with Gasteiger partial charge in [0.1, 0.15) is 17.6 Å². The number of rotatable bonds is 14. The summed E-state index contributed by atoms with van der Waals surface area (Å²) in [5.74, 6) is 1.81. The summed E-state index contributed by atoms with van der Waals surface area (Å²) in [6, 6.07) is 16.6. The van der Waals surface area contributed by atoms with Crippen molar-refractivity contribution in [1.29, 1.82) is 0 Å². The molecule has 4 nitrogen and oxygen atoms in total. The van der Waals surface area contributed by atoms with Crippen molar-refractivity contribution in [1.82, 2.24) is 0 Å². The van der Waals surface area contributed by atoms with Crippen molar-refractivity contribution < 1.29 is 18.9 Å². The molecule has 1 aliphatic rings. The van der Waals surface area contributed by atoms with Crippen LogP contribution in [0, 0.1) is 0 Å². The maximum absolute atomic E-state index is 6.56. The Morgan fingerprint density at radius 2 is 1.67 bits per heavy atom. The predicted octanol–water partition coefficient (Wildman–Crippen LogP) is 6.76. The Morgan fingerprint density at radius 1 is 0.909 bits per heavy atom. The van der Waals surface area contributed by atoms with E-state index in [2.05, 4.69) is 50.3 Å². The van der Waals surface area contributed by atoms with E-state index >= 15 is 0 Å². The lowest BCUT2D eigenvalue weighted by Crippen LogP contribution is -2.30. The summed E-state index contributed by atoms with van der Waals surface area (Å²) in [4.78, 5) is 0. The van der Waals surface area contributed by atoms with Crippen LogP contribution in [0.4, 0.5) is 0 Å². The van der Waals surface area contributed by atoms with Crippen LogP contribution in [0.25, 0.3) is 0 Å². The van der Waals surface area contributed by atoms with Crippen LogP contribution in [-0.4, -0.2) is 39.1 Å². The maximum atomic E-state index is 6.56. The molecule has 33 heavy (non-hydrogen) atoms. The van der Waals surface area contributed by atoms with Crippen molar-refractivity contribution in [3.05, 3.63) is 71.3 Å². The van der Waals surface area contributed by atoms with Crippen LogP contribution < -0.4 is 9.47 Å². The summed E-state index contributed by atoms with van der Waals surface area (Å²) in [5, 5.41) is 0. The largest absolute Gasteiger partial charge is 0.497 e. The van der Waals surface area contributed by atoms with Crippen LogP contribution >= 0.6 is 0 Å². The van der Waals surface area contributed by atoms with Gasteiger partial charge >= 0.3 is 0 Å². The minimum atomic E-state index is -0.00725. The van der Waals surface area contributed by atoms with E-state index in [1.54, 1.807) is 7.11 Å². The van der Waals surface area contributed by atoms with E-state index in [1.807, 2.05) is 18.2 Å². The Labute approximate surface area is 199 Å². The molecule has 0 fully saturated rings. The molecule has 0 heterocycles. The number of benzene rings is 2. The first kappa shape index (κ1) is 25.3. The van der Waals surface area contributed by atoms with Gasteiger partial charge in [0.25, 0.3) is 0 Å². The van der Waals surface area contributed by atoms with Gasteiger partial charge in [0.15, 0.2) is 0 Å². The molecule has 0 unspecified atom stereocenters. The molecule has 0 aliphatic heterocycles. The molecular weight excluding hydrogens is 412 g/mol. The van der Waals surface area contributed by atoms with E-state index in [4.69, 9.17) is 18.9 Å². The Morgan fingerprint density at radius 3 is 2.42 bits per heavy atom. The second kappa shape index (κ2) is 14.1. The zero-order valence-electron chi connectivity index (χ0n) is 20.6. The number of ether oxygens (including phenoxy) is 4. The SMILES string of the molecule is CCCCOCC1=C[C@@H](Oc2ccccc2Cc2ccc(OC)cc2)C[C@@H](OCCCC)C1. The molecule has 2 atom stereocenters. The lowest BCUT2D eigenvalue weighted by atomic mass is 9.94. The number of unbranched alkanes of at least 4 members (excludes halogenated alkanes) is 2. The average Bonchev–Trinajstić information content (AvgIpc) is 2.84. The standard InChI is InChI=1S/C29H40O4/c1-4-6-16-31-22-24-19-27(32-17-7-5-2)21-28(20-24)33-29-11-9-8-10-25(29)18-23-12-14-26(30-3)15-13-23/h8-15,20,27-28H,4-7,16-19,21-22H2,1-3H3/t27-,28+/m0/s1. The number of methoxy groups -OCH3 is 1. The summed E-state index contributed by atoms with van der Waals surface area (Å²) in [5.41, 5.74) is 3.71. The minimum absolute atomic E-state index is 0.00725. The average molecular weight is 453 g/mol. The van der Waals surface area contributed by atoms with Crippen LogP contribution in [0.1, 0.15) is 63.5 Å². The van der Waals surface area contributed by atoms with Crippen molar-refractivity contribution >= 4 is 0 Å². The van der Waals surface area contributed by atoms with Crippen molar-refractivity contribution in [2.75, 3.05) is 26.9 Å². The van der Waals surface area contributed by atoms with E-state index in [0.717, 1.165) is 69.7 Å². The second-order valence-electron chi connectivity index (χ2n) is 8.81. The molecular formula is C29H40O4. The summed E-state index contributed by atoms with van der Waals surface area (Å²) >= 11 is 0. The molecule has 0 saturated heterocycles. The fraction of sp³-hybridized carbons (Fsp3) is 0.517. The second-order valence-corrected chi connectivity index (χ2v) is 8.81. The van der Waals surface area contributed by atoms with Crippen molar-refractivity contribution in [3.63, 3.8) is 0 Å². The highest BCUT2D eigenvalue weighted by atomic mass is 16.5. The van der Waals surface area contributed by atoms with Gasteiger partial charge in [-0.3, -0.25) is 0 Å². The molecule has 0 bridgehead atoms. The third kappa shape index (κ3) is 8.53. The first-order valence-electron chi connectivity index (χ1n) is 12.5. The van der Waals surface area contributed by atoms with E-state index in [0.29, 0.717) is 6.61 Å². The van der Waals surface area contributed by atoms with Gasteiger partial charge in [0.05, 0.1) is 19.8 Å². The maximum Gasteiger partial charge on any atom is 0.123 e. The zero-order valence-corrected chi connectivity index (χ0v) is 20.6. The molecule has 0 spiro atoms. The van der Waals surface area contributed by atoms with E-state index < -0.39 is 0 Å². The summed E-state index contributed by atoms with van der Waals surface area (Å²) in [6.07, 6.45) is 9.56. The first-order valence-corrected chi connectivity index (χ1v) is 12.5. The van der Waals surface area contributed by atoms with Crippen molar-refractivity contribution in [3.8, 4) is 11.5 Å². The topological polar surface area (TPSA) is 36.9 Å². The minimum Gasteiger partial charge on any atom is -0.497 e. The molecule has 2 aromatic rings. The third-order valence-electron chi connectivity index (χ3n) is 5.99. The number of hydrogen-bond donors (Lipinski definition) is 0. The smallest absolute Gasteiger partial charge is 0.123 e. The Balaban J connectivity index is 1.69. The highest BCUT2D eigenvalue weighted by Gasteiger charge is 2.25. The first-order chi connectivity index (χ1) is 16.2. The van der Waals surface area contributed by atoms with Gasteiger partial charge in [-0.25, -0.2) is 0 Å². The Kier molecular flexibility index (Phi) is 10.8. The molecule has 2 aromatic carbocycles. The fourth-order valence-electron chi connectivity index (χ4n) is 4.09. The molecule has 0 amide bonds. The molecule has 4 heteroatoms. The Hall–Kier alpha value is -2.30. The quantitative estimate of drug-likeness (QED) is 0.234. The van der Waals surface area contributed by atoms with E-state index in [-0.39, 0.29) is 12.2 Å². The van der Waals surface area contributed by atoms with Crippen molar-refractivity contribution in [2.45, 2.75) is 71.0 Å². The van der Waals surface area contributed by atoms with Gasteiger partial charge in [0.2, 0.25) is 0 Å². The molecule has 0 radical (unpaired) electrons. The normalized spacial score (nSPS) is 18.1. The molecule has 0 aromatic heterocycles. The molecule has 180 valence electrons. The lowest BCUT2D eigenvalue weighted by molar-refractivity contribution is 0.0169. The predicted molar refractivity (Wildman–Crippen MR) is 134 cm³/mol. The summed E-state index contributed by atoms with van der Waals surface area (Å²) in [6.45, 7) is 6.68. The fourth-order valence-corrected chi connectivity index (χ4v) is 4.09. The van der Waals surface area contributed by atoms with Crippen LogP contribution in [-0.2, 0) is 15.9 Å². The molecule has 0 saturated carbocycles. The Bertz CT molecular complexity index is 843. The molecule has 0 N–H and O–H groups in total. The lowest BCUT2D eigenvalue weighted by Gasteiger charge is -2.30. The monoisotopic (exact) mass is 452 g/mol. The summed E-state index contributed by atoms with van der Waals surface area (Å²) in [7, 11) is 1.69. The molecule has 1 aliphatic carbocycles. The van der Waals surface area contributed by atoms with Crippen molar-refractivity contribution in [2.24, 2.45) is 0 Å². The van der Waals surface area contributed by atoms with Crippen LogP contribution in [0.15, 0.2) is 60.2 Å². The van der Waals surface area contributed by atoms with Gasteiger partial charge in [-0.05, 0) is 60.2 Å². The van der Waals surface area contributed by atoms with E-state index in [1.165, 1.54) is 16.7 Å². The van der Waals surface area contributed by atoms with Crippen LogP contribution in [0.3, 0.4) is 0 Å². The summed E-state index contributed by atoms with van der Waals surface area (Å²) < 4.78 is 24.0. The van der Waals surface area contributed by atoms with Gasteiger partial charge in [0, 0.05) is 26.1 Å². The molecule has 3 rings (SSSR count).